The van der Waals surface area contributed by atoms with Gasteiger partial charge in [-0.3, -0.25) is 0 Å². The van der Waals surface area contributed by atoms with Crippen molar-refractivity contribution in [3.63, 3.8) is 0 Å². The number of nitrogens with one attached hydrogen (secondary N) is 1. The van der Waals surface area contributed by atoms with E-state index in [1.54, 1.807) is 0 Å². The molecule has 0 bridgehead atoms. The molecular formula is C18H22N2O. The van der Waals surface area contributed by atoms with Gasteiger partial charge in [0, 0.05) is 6.04 Å². The summed E-state index contributed by atoms with van der Waals surface area (Å²) < 4.78 is 5.99. The lowest BCUT2D eigenvalue weighted by molar-refractivity contribution is 0.478. The third-order valence-electron chi connectivity index (χ3n) is 4.16. The van der Waals surface area contributed by atoms with Crippen molar-refractivity contribution in [2.24, 2.45) is 11.7 Å². The molecule has 0 heterocycles. The Balaban J connectivity index is 1.76. The van der Waals surface area contributed by atoms with Crippen LogP contribution in [-0.4, -0.2) is 12.6 Å². The molecular weight excluding hydrogens is 260 g/mol. The van der Waals surface area contributed by atoms with Crippen LogP contribution in [0.3, 0.4) is 0 Å². The second-order valence-electron chi connectivity index (χ2n) is 5.59. The SMILES string of the molecule is NCC1CCCC1Nc1ccccc1Oc1ccccc1. The molecule has 3 heteroatoms. The quantitative estimate of drug-likeness (QED) is 0.870. The maximum atomic E-state index is 5.99. The Bertz CT molecular complexity index is 570. The van der Waals surface area contributed by atoms with Crippen molar-refractivity contribution in [3.8, 4) is 11.5 Å². The third-order valence-corrected chi connectivity index (χ3v) is 4.16. The highest BCUT2D eigenvalue weighted by Crippen LogP contribution is 2.33. The topological polar surface area (TPSA) is 47.3 Å². The van der Waals surface area contributed by atoms with Gasteiger partial charge >= 0.3 is 0 Å². The van der Waals surface area contributed by atoms with Crippen LogP contribution in [0.4, 0.5) is 5.69 Å². The molecule has 1 fully saturated rings. The zero-order valence-electron chi connectivity index (χ0n) is 12.2. The van der Waals surface area contributed by atoms with E-state index in [2.05, 4.69) is 11.4 Å². The van der Waals surface area contributed by atoms with Crippen LogP contribution in [0.15, 0.2) is 54.6 Å². The molecule has 0 saturated heterocycles. The van der Waals surface area contributed by atoms with E-state index in [0.29, 0.717) is 12.0 Å². The molecule has 2 atom stereocenters. The predicted molar refractivity (Wildman–Crippen MR) is 86.8 cm³/mol. The first kappa shape index (κ1) is 14.0. The van der Waals surface area contributed by atoms with Crippen molar-refractivity contribution < 1.29 is 4.74 Å². The van der Waals surface area contributed by atoms with E-state index < -0.39 is 0 Å². The first-order valence-electron chi connectivity index (χ1n) is 7.65. The van der Waals surface area contributed by atoms with Crippen LogP contribution in [0, 0.1) is 5.92 Å². The fourth-order valence-corrected chi connectivity index (χ4v) is 3.00. The Morgan fingerprint density at radius 1 is 1.00 bits per heavy atom. The summed E-state index contributed by atoms with van der Waals surface area (Å²) in [6.07, 6.45) is 3.65. The average molecular weight is 282 g/mol. The molecule has 0 aromatic heterocycles. The number of para-hydroxylation sites is 3. The van der Waals surface area contributed by atoms with E-state index in [9.17, 15) is 0 Å². The fraction of sp³-hybridized carbons (Fsp3) is 0.333. The summed E-state index contributed by atoms with van der Waals surface area (Å²) in [6, 6.07) is 18.4. The van der Waals surface area contributed by atoms with Crippen LogP contribution in [0.25, 0.3) is 0 Å². The molecule has 21 heavy (non-hydrogen) atoms. The van der Waals surface area contributed by atoms with Gasteiger partial charge in [-0.2, -0.15) is 0 Å². The maximum Gasteiger partial charge on any atom is 0.150 e. The molecule has 0 aliphatic heterocycles. The highest BCUT2D eigenvalue weighted by atomic mass is 16.5. The van der Waals surface area contributed by atoms with E-state index >= 15 is 0 Å². The summed E-state index contributed by atoms with van der Waals surface area (Å²) in [4.78, 5) is 0. The van der Waals surface area contributed by atoms with E-state index in [1.807, 2.05) is 48.5 Å². The van der Waals surface area contributed by atoms with Gasteiger partial charge < -0.3 is 15.8 Å². The van der Waals surface area contributed by atoms with Crippen molar-refractivity contribution in [2.45, 2.75) is 25.3 Å². The Morgan fingerprint density at radius 3 is 2.57 bits per heavy atom. The minimum absolute atomic E-state index is 0.454. The van der Waals surface area contributed by atoms with Crippen LogP contribution in [0.1, 0.15) is 19.3 Å². The summed E-state index contributed by atoms with van der Waals surface area (Å²) in [5.74, 6) is 2.29. The van der Waals surface area contributed by atoms with Crippen LogP contribution in [0.5, 0.6) is 11.5 Å². The van der Waals surface area contributed by atoms with E-state index in [-0.39, 0.29) is 0 Å². The normalized spacial score (nSPS) is 21.2. The summed E-state index contributed by atoms with van der Waals surface area (Å²) in [7, 11) is 0. The van der Waals surface area contributed by atoms with Crippen molar-refractivity contribution in [1.29, 1.82) is 0 Å². The molecule has 2 unspecified atom stereocenters. The van der Waals surface area contributed by atoms with Gasteiger partial charge in [-0.25, -0.2) is 0 Å². The number of rotatable bonds is 5. The van der Waals surface area contributed by atoms with E-state index in [0.717, 1.165) is 23.7 Å². The number of anilines is 1. The number of hydrogen-bond donors (Lipinski definition) is 2. The van der Waals surface area contributed by atoms with E-state index in [4.69, 9.17) is 10.5 Å². The van der Waals surface area contributed by atoms with Crippen molar-refractivity contribution in [1.82, 2.24) is 0 Å². The number of hydrogen-bond acceptors (Lipinski definition) is 3. The third kappa shape index (κ3) is 3.37. The monoisotopic (exact) mass is 282 g/mol. The summed E-state index contributed by atoms with van der Waals surface area (Å²) >= 11 is 0. The second kappa shape index (κ2) is 6.64. The largest absolute Gasteiger partial charge is 0.455 e. The number of nitrogens with two attached hydrogens (primary N) is 1. The van der Waals surface area contributed by atoms with Gasteiger partial charge in [-0.05, 0) is 49.6 Å². The molecule has 2 aromatic rings. The van der Waals surface area contributed by atoms with Gasteiger partial charge in [0.25, 0.3) is 0 Å². The first-order chi connectivity index (χ1) is 10.4. The van der Waals surface area contributed by atoms with Gasteiger partial charge in [-0.15, -0.1) is 0 Å². The molecule has 3 N–H and O–H groups in total. The molecule has 2 aromatic carbocycles. The Hall–Kier alpha value is -2.00. The lowest BCUT2D eigenvalue weighted by atomic mass is 10.0. The first-order valence-corrected chi connectivity index (χ1v) is 7.65. The fourth-order valence-electron chi connectivity index (χ4n) is 3.00. The van der Waals surface area contributed by atoms with Gasteiger partial charge in [0.15, 0.2) is 5.75 Å². The molecule has 1 aliphatic rings. The summed E-state index contributed by atoms with van der Waals surface area (Å²) in [5.41, 5.74) is 6.92. The molecule has 0 amide bonds. The average Bonchev–Trinajstić information content (AvgIpc) is 2.97. The second-order valence-corrected chi connectivity index (χ2v) is 5.59. The number of benzene rings is 2. The van der Waals surface area contributed by atoms with E-state index in [1.165, 1.54) is 19.3 Å². The molecule has 3 rings (SSSR count). The molecule has 0 spiro atoms. The zero-order chi connectivity index (χ0) is 14.5. The predicted octanol–water partition coefficient (Wildman–Crippen LogP) is 4.02. The van der Waals surface area contributed by atoms with Crippen molar-refractivity contribution >= 4 is 5.69 Å². The lowest BCUT2D eigenvalue weighted by Crippen LogP contribution is -2.29. The van der Waals surface area contributed by atoms with Crippen LogP contribution >= 0.6 is 0 Å². The Morgan fingerprint density at radius 2 is 1.76 bits per heavy atom. The van der Waals surface area contributed by atoms with Gasteiger partial charge in [0.05, 0.1) is 5.69 Å². The summed E-state index contributed by atoms with van der Waals surface area (Å²) in [6.45, 7) is 0.749. The highest BCUT2D eigenvalue weighted by Gasteiger charge is 2.26. The van der Waals surface area contributed by atoms with Gasteiger partial charge in [0.1, 0.15) is 5.75 Å². The molecule has 110 valence electrons. The van der Waals surface area contributed by atoms with Gasteiger partial charge in [-0.1, -0.05) is 36.8 Å². The minimum atomic E-state index is 0.454. The molecule has 1 saturated carbocycles. The molecule has 1 aliphatic carbocycles. The van der Waals surface area contributed by atoms with Crippen LogP contribution in [-0.2, 0) is 0 Å². The van der Waals surface area contributed by atoms with Crippen LogP contribution < -0.4 is 15.8 Å². The standard InChI is InChI=1S/C18H22N2O/c19-13-14-7-6-11-16(14)20-17-10-4-5-12-18(17)21-15-8-2-1-3-9-15/h1-5,8-10,12,14,16,20H,6-7,11,13,19H2. The Labute approximate surface area is 126 Å². The Kier molecular flexibility index (Phi) is 4.41. The zero-order valence-corrected chi connectivity index (χ0v) is 12.2. The molecule has 3 nitrogen and oxygen atoms in total. The molecule has 0 radical (unpaired) electrons. The highest BCUT2D eigenvalue weighted by molar-refractivity contribution is 5.58. The lowest BCUT2D eigenvalue weighted by Gasteiger charge is -2.22. The van der Waals surface area contributed by atoms with Crippen molar-refractivity contribution in [2.75, 3.05) is 11.9 Å². The number of ether oxygens (including phenoxy) is 1. The maximum absolute atomic E-state index is 5.99. The summed E-state index contributed by atoms with van der Waals surface area (Å²) in [5, 5.41) is 3.63. The van der Waals surface area contributed by atoms with Gasteiger partial charge in [0.2, 0.25) is 0 Å². The minimum Gasteiger partial charge on any atom is -0.455 e. The smallest absolute Gasteiger partial charge is 0.150 e. The van der Waals surface area contributed by atoms with Crippen LogP contribution in [0.2, 0.25) is 0 Å². The van der Waals surface area contributed by atoms with Crippen molar-refractivity contribution in [3.05, 3.63) is 54.6 Å².